The van der Waals surface area contributed by atoms with Crippen molar-refractivity contribution >= 4 is 11.8 Å². The summed E-state index contributed by atoms with van der Waals surface area (Å²) in [4.78, 5) is 5.70. The maximum Gasteiger partial charge on any atom is 0.237 e. The Bertz CT molecular complexity index is 877. The molecule has 0 aliphatic rings. The van der Waals surface area contributed by atoms with Gasteiger partial charge in [0.1, 0.15) is 11.5 Å². The predicted octanol–water partition coefficient (Wildman–Crippen LogP) is 4.66. The van der Waals surface area contributed by atoms with Gasteiger partial charge in [0, 0.05) is 11.0 Å². The van der Waals surface area contributed by atoms with Crippen LogP contribution in [-0.4, -0.2) is 24.4 Å². The van der Waals surface area contributed by atoms with Crippen LogP contribution in [0.5, 0.6) is 11.5 Å². The van der Waals surface area contributed by atoms with E-state index in [1.807, 2.05) is 12.1 Å². The number of ether oxygens (including phenoxy) is 2. The van der Waals surface area contributed by atoms with Crippen LogP contribution in [0.25, 0.3) is 11.4 Å². The van der Waals surface area contributed by atoms with E-state index < -0.39 is 0 Å². The van der Waals surface area contributed by atoms with E-state index in [0.717, 1.165) is 11.3 Å². The lowest BCUT2D eigenvalue weighted by atomic mass is 10.2. The molecule has 1 aromatic heterocycles. The van der Waals surface area contributed by atoms with Crippen LogP contribution in [0.3, 0.4) is 0 Å². The normalized spacial score (nSPS) is 10.7. The maximum atomic E-state index is 5.40. The van der Waals surface area contributed by atoms with Gasteiger partial charge in [0.15, 0.2) is 0 Å². The average Bonchev–Trinajstić information content (AvgIpc) is 3.09. The summed E-state index contributed by atoms with van der Waals surface area (Å²) < 4.78 is 16.0. The van der Waals surface area contributed by atoms with Crippen molar-refractivity contribution in [3.8, 4) is 22.9 Å². The summed E-state index contributed by atoms with van der Waals surface area (Å²) >= 11 is 1.69. The van der Waals surface area contributed by atoms with Crippen molar-refractivity contribution < 1.29 is 14.0 Å². The molecule has 0 aliphatic heterocycles. The number of aromatic nitrogens is 2. The van der Waals surface area contributed by atoms with Gasteiger partial charge in [-0.05, 0) is 37.6 Å². The number of benzene rings is 2. The van der Waals surface area contributed by atoms with Gasteiger partial charge >= 0.3 is 0 Å². The molecule has 5 nitrogen and oxygen atoms in total. The van der Waals surface area contributed by atoms with E-state index in [1.54, 1.807) is 32.0 Å². The van der Waals surface area contributed by atoms with Gasteiger partial charge in [-0.25, -0.2) is 0 Å². The van der Waals surface area contributed by atoms with Crippen molar-refractivity contribution in [1.82, 2.24) is 10.1 Å². The fraction of sp³-hybridized carbons (Fsp3) is 0.263. The summed E-state index contributed by atoms with van der Waals surface area (Å²) in [7, 11) is 3.22. The van der Waals surface area contributed by atoms with Gasteiger partial charge in [-0.1, -0.05) is 22.9 Å². The molecule has 130 valence electrons. The highest BCUT2D eigenvalue weighted by atomic mass is 32.2. The zero-order chi connectivity index (χ0) is 17.8. The van der Waals surface area contributed by atoms with Crippen LogP contribution >= 0.6 is 11.8 Å². The third-order valence-corrected chi connectivity index (χ3v) is 4.96. The molecule has 0 atom stereocenters. The molecule has 0 radical (unpaired) electrons. The minimum absolute atomic E-state index is 0.510. The van der Waals surface area contributed by atoms with E-state index in [0.29, 0.717) is 23.2 Å². The Morgan fingerprint density at radius 1 is 1.04 bits per heavy atom. The lowest BCUT2D eigenvalue weighted by molar-refractivity contribution is 0.388. The number of methoxy groups -OCH3 is 2. The second-order valence-corrected chi connectivity index (χ2v) is 6.65. The first-order valence-corrected chi connectivity index (χ1v) is 8.84. The molecule has 25 heavy (non-hydrogen) atoms. The molecule has 0 unspecified atom stereocenters. The summed E-state index contributed by atoms with van der Waals surface area (Å²) in [6.45, 7) is 4.20. The zero-order valence-electron chi connectivity index (χ0n) is 14.7. The van der Waals surface area contributed by atoms with E-state index in [9.17, 15) is 0 Å². The van der Waals surface area contributed by atoms with Gasteiger partial charge in [0.25, 0.3) is 0 Å². The average molecular weight is 356 g/mol. The third kappa shape index (κ3) is 3.96. The van der Waals surface area contributed by atoms with Crippen LogP contribution in [0, 0.1) is 13.8 Å². The monoisotopic (exact) mass is 356 g/mol. The maximum absolute atomic E-state index is 5.40. The molecule has 0 N–H and O–H groups in total. The van der Waals surface area contributed by atoms with Crippen molar-refractivity contribution in [2.45, 2.75) is 24.5 Å². The number of thioether (sulfide) groups is 1. The van der Waals surface area contributed by atoms with Crippen molar-refractivity contribution in [3.63, 3.8) is 0 Å². The first-order chi connectivity index (χ1) is 12.1. The first kappa shape index (κ1) is 17.4. The molecule has 1 heterocycles. The Kier molecular flexibility index (Phi) is 5.28. The number of hydrogen-bond donors (Lipinski definition) is 0. The summed E-state index contributed by atoms with van der Waals surface area (Å²) in [6.07, 6.45) is 0. The largest absolute Gasteiger partial charge is 0.497 e. The van der Waals surface area contributed by atoms with Crippen LogP contribution in [-0.2, 0) is 5.75 Å². The van der Waals surface area contributed by atoms with Gasteiger partial charge in [0.2, 0.25) is 11.7 Å². The van der Waals surface area contributed by atoms with Crippen molar-refractivity contribution in [1.29, 1.82) is 0 Å². The van der Waals surface area contributed by atoms with Gasteiger partial charge < -0.3 is 14.0 Å². The Hall–Kier alpha value is -2.47. The second kappa shape index (κ2) is 7.61. The van der Waals surface area contributed by atoms with Crippen LogP contribution in [0.15, 0.2) is 45.8 Å². The van der Waals surface area contributed by atoms with Crippen LogP contribution < -0.4 is 9.47 Å². The van der Waals surface area contributed by atoms with E-state index in [2.05, 4.69) is 42.2 Å². The van der Waals surface area contributed by atoms with Crippen LogP contribution in [0.2, 0.25) is 0 Å². The van der Waals surface area contributed by atoms with Crippen molar-refractivity contribution in [2.75, 3.05) is 14.2 Å². The molecule has 0 saturated heterocycles. The summed E-state index contributed by atoms with van der Waals surface area (Å²) in [5, 5.41) is 4.08. The molecular formula is C19H20N2O3S. The molecular weight excluding hydrogens is 336 g/mol. The van der Waals surface area contributed by atoms with E-state index >= 15 is 0 Å². The molecule has 0 fully saturated rings. The Morgan fingerprint density at radius 2 is 1.88 bits per heavy atom. The van der Waals surface area contributed by atoms with Crippen molar-refractivity contribution in [3.05, 3.63) is 53.4 Å². The number of rotatable bonds is 6. The minimum Gasteiger partial charge on any atom is -0.497 e. The summed E-state index contributed by atoms with van der Waals surface area (Å²) in [5.41, 5.74) is 3.28. The fourth-order valence-corrected chi connectivity index (χ4v) is 3.35. The molecule has 0 aliphatic carbocycles. The van der Waals surface area contributed by atoms with Gasteiger partial charge in [0.05, 0.1) is 25.5 Å². The lowest BCUT2D eigenvalue weighted by Crippen LogP contribution is -1.91. The zero-order valence-corrected chi connectivity index (χ0v) is 15.5. The minimum atomic E-state index is 0.510. The smallest absolute Gasteiger partial charge is 0.237 e. The second-order valence-electron chi connectivity index (χ2n) is 5.64. The quantitative estimate of drug-likeness (QED) is 0.599. The molecule has 3 rings (SSSR count). The standard InChI is InChI=1S/C19H20N2O3S/c1-12-5-8-17(13(2)9-12)25-11-18-20-19(21-24-18)15-7-6-14(22-3)10-16(15)23-4/h5-10H,11H2,1-4H3. The van der Waals surface area contributed by atoms with E-state index in [4.69, 9.17) is 14.0 Å². The molecule has 6 heteroatoms. The van der Waals surface area contributed by atoms with Gasteiger partial charge in [-0.3, -0.25) is 0 Å². The van der Waals surface area contributed by atoms with Gasteiger partial charge in [-0.15, -0.1) is 11.8 Å². The summed E-state index contributed by atoms with van der Waals surface area (Å²) in [6, 6.07) is 11.9. The fourth-order valence-electron chi connectivity index (χ4n) is 2.51. The lowest BCUT2D eigenvalue weighted by Gasteiger charge is -2.07. The Morgan fingerprint density at radius 3 is 2.60 bits per heavy atom. The Balaban J connectivity index is 1.76. The highest BCUT2D eigenvalue weighted by Gasteiger charge is 2.14. The molecule has 2 aromatic carbocycles. The molecule has 0 amide bonds. The van der Waals surface area contributed by atoms with E-state index in [1.165, 1.54) is 16.0 Å². The van der Waals surface area contributed by atoms with Gasteiger partial charge in [-0.2, -0.15) is 4.98 Å². The molecule has 0 saturated carbocycles. The molecule has 0 spiro atoms. The first-order valence-electron chi connectivity index (χ1n) is 7.85. The topological polar surface area (TPSA) is 57.4 Å². The number of nitrogens with zero attached hydrogens (tertiary/aromatic N) is 2. The third-order valence-electron chi connectivity index (χ3n) is 3.80. The number of hydrogen-bond acceptors (Lipinski definition) is 6. The highest BCUT2D eigenvalue weighted by Crippen LogP contribution is 2.32. The van der Waals surface area contributed by atoms with Crippen LogP contribution in [0.1, 0.15) is 17.0 Å². The highest BCUT2D eigenvalue weighted by molar-refractivity contribution is 7.98. The summed E-state index contributed by atoms with van der Waals surface area (Å²) in [5.74, 6) is 3.08. The van der Waals surface area contributed by atoms with E-state index in [-0.39, 0.29) is 0 Å². The predicted molar refractivity (Wildman–Crippen MR) is 98.3 cm³/mol. The molecule has 0 bridgehead atoms. The molecule has 3 aromatic rings. The van der Waals surface area contributed by atoms with Crippen LogP contribution in [0.4, 0.5) is 0 Å². The number of aryl methyl sites for hydroxylation is 2. The SMILES string of the molecule is COc1ccc(-c2noc(CSc3ccc(C)cc3C)n2)c(OC)c1. The van der Waals surface area contributed by atoms with Crippen molar-refractivity contribution in [2.24, 2.45) is 0 Å². The Labute approximate surface area is 151 Å².